The van der Waals surface area contributed by atoms with Crippen LogP contribution in [0, 0.1) is 0 Å². The summed E-state index contributed by atoms with van der Waals surface area (Å²) in [5.41, 5.74) is 5.72. The lowest BCUT2D eigenvalue weighted by molar-refractivity contribution is 0.0693. The van der Waals surface area contributed by atoms with Crippen LogP contribution >= 0.6 is 0 Å². The standard InChI is InChI=1S/C26H17NO3/c1-30-24-14-15(10-11-19(24)26(28)29)16-12-20-17-6-2-4-8-22(17)27-23-9-5-3-7-18(23)21(13-16)25(20)27/h2-14H,1H3,(H,28,29). The summed E-state index contributed by atoms with van der Waals surface area (Å²) in [6, 6.07) is 26.5. The lowest BCUT2D eigenvalue weighted by atomic mass is 9.98. The third-order valence-electron chi connectivity index (χ3n) is 5.97. The molecule has 144 valence electrons. The number of methoxy groups -OCH3 is 1. The zero-order valence-electron chi connectivity index (χ0n) is 16.2. The second kappa shape index (κ2) is 5.97. The lowest BCUT2D eigenvalue weighted by Gasteiger charge is -2.09. The van der Waals surface area contributed by atoms with Crippen LogP contribution in [0.5, 0.6) is 5.75 Å². The fourth-order valence-electron chi connectivity index (χ4n) is 4.66. The van der Waals surface area contributed by atoms with Gasteiger partial charge in [-0.2, -0.15) is 0 Å². The van der Waals surface area contributed by atoms with E-state index in [9.17, 15) is 9.90 Å². The van der Waals surface area contributed by atoms with Crippen molar-refractivity contribution in [1.29, 1.82) is 0 Å². The van der Waals surface area contributed by atoms with Gasteiger partial charge in [-0.1, -0.05) is 42.5 Å². The molecule has 0 aliphatic rings. The SMILES string of the molecule is COc1cc(-c2cc3c4ccccc4n4c5ccccc5c(c2)c34)ccc1C(=O)O. The third-order valence-corrected chi connectivity index (χ3v) is 5.97. The second-order valence-electron chi connectivity index (χ2n) is 7.51. The Morgan fingerprint density at radius 1 is 0.767 bits per heavy atom. The number of hydrogen-bond acceptors (Lipinski definition) is 2. The van der Waals surface area contributed by atoms with Gasteiger partial charge in [-0.25, -0.2) is 4.79 Å². The van der Waals surface area contributed by atoms with Crippen molar-refractivity contribution in [1.82, 2.24) is 4.40 Å². The van der Waals surface area contributed by atoms with Crippen LogP contribution in [0.25, 0.3) is 49.2 Å². The molecule has 0 saturated carbocycles. The van der Waals surface area contributed by atoms with Gasteiger partial charge in [0.25, 0.3) is 0 Å². The van der Waals surface area contributed by atoms with E-state index in [4.69, 9.17) is 4.74 Å². The van der Waals surface area contributed by atoms with E-state index >= 15 is 0 Å². The molecule has 0 bridgehead atoms. The maximum Gasteiger partial charge on any atom is 0.339 e. The van der Waals surface area contributed by atoms with E-state index in [0.717, 1.165) is 11.1 Å². The molecule has 0 saturated heterocycles. The first-order chi connectivity index (χ1) is 14.7. The average Bonchev–Trinajstić information content (AvgIpc) is 3.30. The smallest absolute Gasteiger partial charge is 0.339 e. The summed E-state index contributed by atoms with van der Waals surface area (Å²) in [6.07, 6.45) is 0. The van der Waals surface area contributed by atoms with Gasteiger partial charge in [0.1, 0.15) is 11.3 Å². The highest BCUT2D eigenvalue weighted by Crippen LogP contribution is 2.41. The summed E-state index contributed by atoms with van der Waals surface area (Å²) in [7, 11) is 1.50. The van der Waals surface area contributed by atoms with Crippen LogP contribution in [0.4, 0.5) is 0 Å². The fraction of sp³-hybridized carbons (Fsp3) is 0.0385. The van der Waals surface area contributed by atoms with E-state index in [0.29, 0.717) is 5.75 Å². The Balaban J connectivity index is 1.75. The zero-order chi connectivity index (χ0) is 20.4. The number of carboxylic acids is 1. The second-order valence-corrected chi connectivity index (χ2v) is 7.51. The molecule has 0 atom stereocenters. The monoisotopic (exact) mass is 391 g/mol. The van der Waals surface area contributed by atoms with Crippen molar-refractivity contribution in [2.45, 2.75) is 0 Å². The van der Waals surface area contributed by atoms with Crippen molar-refractivity contribution < 1.29 is 14.6 Å². The molecule has 4 heteroatoms. The number of ether oxygens (including phenoxy) is 1. The third kappa shape index (κ3) is 2.13. The van der Waals surface area contributed by atoms with E-state index in [1.165, 1.54) is 45.2 Å². The molecule has 0 fully saturated rings. The van der Waals surface area contributed by atoms with Gasteiger partial charge in [0.05, 0.1) is 23.7 Å². The van der Waals surface area contributed by atoms with Crippen molar-refractivity contribution in [3.8, 4) is 16.9 Å². The van der Waals surface area contributed by atoms with Crippen molar-refractivity contribution in [2.75, 3.05) is 7.11 Å². The minimum Gasteiger partial charge on any atom is -0.496 e. The summed E-state index contributed by atoms with van der Waals surface area (Å²) in [4.78, 5) is 11.5. The van der Waals surface area contributed by atoms with Crippen molar-refractivity contribution in [3.05, 3.63) is 84.4 Å². The van der Waals surface area contributed by atoms with Crippen LogP contribution in [0.1, 0.15) is 10.4 Å². The Kier molecular flexibility index (Phi) is 3.36. The number of carboxylic acid groups (broad SMARTS) is 1. The first-order valence-corrected chi connectivity index (χ1v) is 9.76. The Labute approximate surface area is 171 Å². The Hall–Kier alpha value is -4.05. The van der Waals surface area contributed by atoms with Gasteiger partial charge in [-0.3, -0.25) is 0 Å². The summed E-state index contributed by atoms with van der Waals surface area (Å²) in [6.45, 7) is 0. The molecule has 0 aliphatic heterocycles. The van der Waals surface area contributed by atoms with E-state index in [1.807, 2.05) is 6.07 Å². The van der Waals surface area contributed by atoms with Crippen LogP contribution in [0.3, 0.4) is 0 Å². The Morgan fingerprint density at radius 3 is 1.93 bits per heavy atom. The quantitative estimate of drug-likeness (QED) is 0.390. The number of hydrogen-bond donors (Lipinski definition) is 1. The highest BCUT2D eigenvalue weighted by Gasteiger charge is 2.19. The van der Waals surface area contributed by atoms with Crippen LogP contribution in [-0.2, 0) is 0 Å². The van der Waals surface area contributed by atoms with Gasteiger partial charge in [-0.15, -0.1) is 0 Å². The number of nitrogens with zero attached hydrogens (tertiary/aromatic N) is 1. The molecule has 0 aliphatic carbocycles. The Bertz CT molecular complexity index is 1530. The van der Waals surface area contributed by atoms with Crippen molar-refractivity contribution >= 4 is 44.1 Å². The molecular formula is C26H17NO3. The van der Waals surface area contributed by atoms with Gasteiger partial charge in [0.15, 0.2) is 0 Å². The van der Waals surface area contributed by atoms with Gasteiger partial charge in [0.2, 0.25) is 0 Å². The number of aromatic carboxylic acids is 1. The minimum atomic E-state index is -0.996. The van der Waals surface area contributed by atoms with Gasteiger partial charge in [0, 0.05) is 21.5 Å². The first-order valence-electron chi connectivity index (χ1n) is 9.76. The van der Waals surface area contributed by atoms with Crippen LogP contribution in [0.15, 0.2) is 78.9 Å². The number of aromatic nitrogens is 1. The predicted octanol–water partition coefficient (Wildman–Crippen LogP) is 6.21. The van der Waals surface area contributed by atoms with E-state index < -0.39 is 5.97 Å². The molecule has 6 rings (SSSR count). The largest absolute Gasteiger partial charge is 0.496 e. The highest BCUT2D eigenvalue weighted by molar-refractivity contribution is 6.24. The Morgan fingerprint density at radius 2 is 1.37 bits per heavy atom. The normalized spacial score (nSPS) is 11.8. The number of carbonyl (C=O) groups is 1. The van der Waals surface area contributed by atoms with Gasteiger partial charge in [-0.05, 0) is 47.5 Å². The molecule has 0 unspecified atom stereocenters. The summed E-state index contributed by atoms with van der Waals surface area (Å²) < 4.78 is 7.69. The maximum atomic E-state index is 11.5. The topological polar surface area (TPSA) is 50.9 Å². The molecule has 30 heavy (non-hydrogen) atoms. The van der Waals surface area contributed by atoms with E-state index in [-0.39, 0.29) is 5.56 Å². The molecule has 0 radical (unpaired) electrons. The van der Waals surface area contributed by atoms with Gasteiger partial charge >= 0.3 is 5.97 Å². The number of benzene rings is 4. The van der Waals surface area contributed by atoms with E-state index in [2.05, 4.69) is 65.1 Å². The highest BCUT2D eigenvalue weighted by atomic mass is 16.5. The van der Waals surface area contributed by atoms with Crippen LogP contribution in [-0.4, -0.2) is 22.6 Å². The minimum absolute atomic E-state index is 0.161. The number of fused-ring (bicyclic) bond motifs is 6. The molecule has 6 aromatic rings. The zero-order valence-corrected chi connectivity index (χ0v) is 16.2. The fourth-order valence-corrected chi connectivity index (χ4v) is 4.66. The molecule has 2 aromatic heterocycles. The van der Waals surface area contributed by atoms with Crippen LogP contribution < -0.4 is 4.74 Å². The molecule has 0 amide bonds. The van der Waals surface area contributed by atoms with Crippen LogP contribution in [0.2, 0.25) is 0 Å². The average molecular weight is 391 g/mol. The lowest BCUT2D eigenvalue weighted by Crippen LogP contribution is -2.00. The summed E-state index contributed by atoms with van der Waals surface area (Å²) >= 11 is 0. The van der Waals surface area contributed by atoms with Crippen molar-refractivity contribution in [2.24, 2.45) is 0 Å². The summed E-state index contributed by atoms with van der Waals surface area (Å²) in [5, 5.41) is 14.2. The van der Waals surface area contributed by atoms with Gasteiger partial charge < -0.3 is 14.2 Å². The first kappa shape index (κ1) is 16.9. The molecular weight excluding hydrogens is 374 g/mol. The molecule has 4 aromatic carbocycles. The molecule has 0 spiro atoms. The number of rotatable bonds is 3. The predicted molar refractivity (Wildman–Crippen MR) is 120 cm³/mol. The maximum absolute atomic E-state index is 11.5. The molecule has 4 nitrogen and oxygen atoms in total. The summed E-state index contributed by atoms with van der Waals surface area (Å²) in [5.74, 6) is -0.635. The number of para-hydroxylation sites is 2. The molecule has 1 N–H and O–H groups in total. The van der Waals surface area contributed by atoms with E-state index in [1.54, 1.807) is 12.1 Å². The molecule has 2 heterocycles. The van der Waals surface area contributed by atoms with Crippen molar-refractivity contribution in [3.63, 3.8) is 0 Å².